The summed E-state index contributed by atoms with van der Waals surface area (Å²) in [5.74, 6) is 0.526. The molecule has 0 heterocycles. The Balaban J connectivity index is 2.33. The van der Waals surface area contributed by atoms with Gasteiger partial charge in [-0.1, -0.05) is 48.6 Å². The van der Waals surface area contributed by atoms with Crippen molar-refractivity contribution in [3.8, 4) is 0 Å². The summed E-state index contributed by atoms with van der Waals surface area (Å²) in [6.07, 6.45) is 9.25. The van der Waals surface area contributed by atoms with Crippen molar-refractivity contribution < 1.29 is 0 Å². The largest absolute Gasteiger partial charge is 0.0761 e. The molecule has 0 N–H and O–H groups in total. The maximum absolute atomic E-state index is 2.32. The average molecular weight is 168 g/mol. The molecule has 0 saturated heterocycles. The van der Waals surface area contributed by atoms with Crippen LogP contribution in [0.25, 0.3) is 0 Å². The van der Waals surface area contributed by atoms with E-state index in [0.717, 1.165) is 0 Å². The summed E-state index contributed by atoms with van der Waals surface area (Å²) in [5, 5.41) is 0. The van der Waals surface area contributed by atoms with E-state index in [-0.39, 0.29) is 5.41 Å². The molecule has 0 unspecified atom stereocenters. The van der Waals surface area contributed by atoms with Crippen molar-refractivity contribution in [2.24, 2.45) is 0 Å². The molecule has 1 aromatic carbocycles. The lowest BCUT2D eigenvalue weighted by Crippen LogP contribution is -2.26. The number of hydrogen-bond donors (Lipinski definition) is 0. The second-order valence-electron chi connectivity index (χ2n) is 4.11. The predicted molar refractivity (Wildman–Crippen MR) is 54.8 cm³/mol. The molecule has 4 rings (SSSR count). The Bertz CT molecular complexity index is 396. The van der Waals surface area contributed by atoms with Crippen LogP contribution < -0.4 is 0 Å². The molecule has 0 atom stereocenters. The molecule has 3 aliphatic rings. The predicted octanol–water partition coefficient (Wildman–Crippen LogP) is 3.17. The van der Waals surface area contributed by atoms with Crippen molar-refractivity contribution in [3.05, 3.63) is 59.7 Å². The van der Waals surface area contributed by atoms with Gasteiger partial charge in [0.1, 0.15) is 0 Å². The first-order chi connectivity index (χ1) is 6.30. The van der Waals surface area contributed by atoms with E-state index < -0.39 is 0 Å². The summed E-state index contributed by atoms with van der Waals surface area (Å²) in [7, 11) is 0. The van der Waals surface area contributed by atoms with Gasteiger partial charge in [-0.05, 0) is 18.1 Å². The SMILES string of the molecule is CC12C=CC(C=C1)c1ccccc12. The highest BCUT2D eigenvalue weighted by molar-refractivity contribution is 5.54. The maximum atomic E-state index is 2.32. The molecule has 64 valence electrons. The van der Waals surface area contributed by atoms with Gasteiger partial charge in [-0.3, -0.25) is 0 Å². The quantitative estimate of drug-likeness (QED) is 0.522. The minimum absolute atomic E-state index is 0.158. The fraction of sp³-hybridized carbons (Fsp3) is 0.231. The molecule has 0 fully saturated rings. The molecule has 0 nitrogen and oxygen atoms in total. The van der Waals surface area contributed by atoms with E-state index >= 15 is 0 Å². The molecule has 0 spiro atoms. The third-order valence-corrected chi connectivity index (χ3v) is 3.20. The van der Waals surface area contributed by atoms with Crippen LogP contribution in [0.3, 0.4) is 0 Å². The van der Waals surface area contributed by atoms with Gasteiger partial charge < -0.3 is 0 Å². The van der Waals surface area contributed by atoms with Crippen molar-refractivity contribution in [2.45, 2.75) is 18.3 Å². The van der Waals surface area contributed by atoms with E-state index in [2.05, 4.69) is 55.5 Å². The number of hydrogen-bond acceptors (Lipinski definition) is 0. The second-order valence-corrected chi connectivity index (χ2v) is 4.11. The summed E-state index contributed by atoms with van der Waals surface area (Å²) in [6, 6.07) is 8.75. The molecule has 0 aliphatic heterocycles. The third kappa shape index (κ3) is 0.806. The zero-order chi connectivity index (χ0) is 8.89. The first-order valence-corrected chi connectivity index (χ1v) is 4.78. The fourth-order valence-electron chi connectivity index (χ4n) is 2.39. The Morgan fingerprint density at radius 1 is 1.08 bits per heavy atom. The lowest BCUT2D eigenvalue weighted by Gasteiger charge is -2.36. The zero-order valence-corrected chi connectivity index (χ0v) is 7.70. The highest BCUT2D eigenvalue weighted by Gasteiger charge is 2.32. The van der Waals surface area contributed by atoms with E-state index in [1.54, 1.807) is 0 Å². The molecular formula is C13H12. The highest BCUT2D eigenvalue weighted by atomic mass is 14.4. The van der Waals surface area contributed by atoms with Crippen LogP contribution in [-0.4, -0.2) is 0 Å². The Morgan fingerprint density at radius 3 is 2.46 bits per heavy atom. The molecule has 3 aliphatic carbocycles. The van der Waals surface area contributed by atoms with Crippen LogP contribution in [-0.2, 0) is 5.41 Å². The van der Waals surface area contributed by atoms with Crippen LogP contribution >= 0.6 is 0 Å². The van der Waals surface area contributed by atoms with Gasteiger partial charge in [0.25, 0.3) is 0 Å². The summed E-state index contributed by atoms with van der Waals surface area (Å²) in [5.41, 5.74) is 3.12. The van der Waals surface area contributed by atoms with Gasteiger partial charge in [-0.2, -0.15) is 0 Å². The van der Waals surface area contributed by atoms with Gasteiger partial charge in [0.15, 0.2) is 0 Å². The number of benzene rings is 1. The van der Waals surface area contributed by atoms with E-state index in [1.807, 2.05) is 0 Å². The standard InChI is InChI=1S/C13H12/c1-13-8-6-10(7-9-13)11-4-2-3-5-12(11)13/h2-10H,1H3. The van der Waals surface area contributed by atoms with Crippen LogP contribution in [0, 0.1) is 0 Å². The van der Waals surface area contributed by atoms with Crippen LogP contribution in [0.15, 0.2) is 48.6 Å². The number of rotatable bonds is 0. The Labute approximate surface area is 78.6 Å². The summed E-state index contributed by atoms with van der Waals surface area (Å²) >= 11 is 0. The van der Waals surface area contributed by atoms with E-state index in [9.17, 15) is 0 Å². The lowest BCUT2D eigenvalue weighted by molar-refractivity contribution is 0.683. The molecule has 0 aromatic heterocycles. The van der Waals surface area contributed by atoms with Crippen LogP contribution in [0.1, 0.15) is 24.0 Å². The second kappa shape index (κ2) is 2.14. The van der Waals surface area contributed by atoms with Crippen molar-refractivity contribution in [2.75, 3.05) is 0 Å². The third-order valence-electron chi connectivity index (χ3n) is 3.20. The van der Waals surface area contributed by atoms with E-state index in [4.69, 9.17) is 0 Å². The number of allylic oxidation sites excluding steroid dienone is 4. The first-order valence-electron chi connectivity index (χ1n) is 4.78. The molecule has 2 bridgehead atoms. The van der Waals surface area contributed by atoms with Gasteiger partial charge in [-0.15, -0.1) is 0 Å². The minimum Gasteiger partial charge on any atom is -0.0761 e. The Hall–Kier alpha value is -1.30. The molecule has 0 saturated carbocycles. The molecule has 0 amide bonds. The fourth-order valence-corrected chi connectivity index (χ4v) is 2.39. The topological polar surface area (TPSA) is 0 Å². The maximum Gasteiger partial charge on any atom is 0.0287 e. The monoisotopic (exact) mass is 168 g/mol. The van der Waals surface area contributed by atoms with Gasteiger partial charge in [0.2, 0.25) is 0 Å². The van der Waals surface area contributed by atoms with Gasteiger partial charge >= 0.3 is 0 Å². The van der Waals surface area contributed by atoms with Gasteiger partial charge in [0, 0.05) is 11.3 Å². The molecule has 1 aromatic rings. The van der Waals surface area contributed by atoms with Gasteiger partial charge in [0.05, 0.1) is 0 Å². The van der Waals surface area contributed by atoms with Crippen LogP contribution in [0.4, 0.5) is 0 Å². The van der Waals surface area contributed by atoms with Crippen molar-refractivity contribution in [3.63, 3.8) is 0 Å². The molecule has 0 heteroatoms. The lowest BCUT2D eigenvalue weighted by atomic mass is 9.68. The first kappa shape index (κ1) is 7.14. The summed E-state index contributed by atoms with van der Waals surface area (Å²) in [4.78, 5) is 0. The van der Waals surface area contributed by atoms with Crippen molar-refractivity contribution in [1.82, 2.24) is 0 Å². The molecule has 0 radical (unpaired) electrons. The highest BCUT2D eigenvalue weighted by Crippen LogP contribution is 2.43. The summed E-state index contributed by atoms with van der Waals surface area (Å²) < 4.78 is 0. The Morgan fingerprint density at radius 2 is 1.77 bits per heavy atom. The van der Waals surface area contributed by atoms with E-state index in [1.165, 1.54) is 11.1 Å². The van der Waals surface area contributed by atoms with Crippen LogP contribution in [0.5, 0.6) is 0 Å². The van der Waals surface area contributed by atoms with Crippen molar-refractivity contribution >= 4 is 0 Å². The normalized spacial score (nSPS) is 33.5. The molecular weight excluding hydrogens is 156 g/mol. The summed E-state index contributed by atoms with van der Waals surface area (Å²) in [6.45, 7) is 2.27. The van der Waals surface area contributed by atoms with Gasteiger partial charge in [-0.25, -0.2) is 0 Å². The Kier molecular flexibility index (Phi) is 1.17. The van der Waals surface area contributed by atoms with Crippen LogP contribution in [0.2, 0.25) is 0 Å². The average Bonchev–Trinajstić information content (AvgIpc) is 2.19. The molecule has 13 heavy (non-hydrogen) atoms. The zero-order valence-electron chi connectivity index (χ0n) is 7.70. The smallest absolute Gasteiger partial charge is 0.0287 e. The minimum atomic E-state index is 0.158. The van der Waals surface area contributed by atoms with Crippen molar-refractivity contribution in [1.29, 1.82) is 0 Å². The van der Waals surface area contributed by atoms with E-state index in [0.29, 0.717) is 5.92 Å².